The lowest BCUT2D eigenvalue weighted by Gasteiger charge is -2.48. The molecule has 2 saturated heterocycles. The second-order valence-corrected chi connectivity index (χ2v) is 6.82. The predicted molar refractivity (Wildman–Crippen MR) is 84.9 cm³/mol. The molecule has 2 amide bonds. The van der Waals surface area contributed by atoms with Gasteiger partial charge in [-0.1, -0.05) is 0 Å². The van der Waals surface area contributed by atoms with E-state index in [1.54, 1.807) is 21.1 Å². The minimum absolute atomic E-state index is 0.0279. The van der Waals surface area contributed by atoms with Crippen LogP contribution in [0.2, 0.25) is 0 Å². The standard InChI is InChI=1S/C15H21N3O3S/c1-12(20)18-8-14(21)17(13-2-7-22-9-13)11-15(18)3-4-16(10-15)5-6-19/h2,7,9,19H,3-6,8,10-11H2,1H3. The molecular weight excluding hydrogens is 302 g/mol. The maximum Gasteiger partial charge on any atom is 0.246 e. The molecule has 7 heteroatoms. The Morgan fingerprint density at radius 1 is 1.45 bits per heavy atom. The number of piperazine rings is 1. The summed E-state index contributed by atoms with van der Waals surface area (Å²) in [5.74, 6) is -0.0796. The lowest BCUT2D eigenvalue weighted by Crippen LogP contribution is -2.66. The van der Waals surface area contributed by atoms with E-state index in [0.717, 1.165) is 18.7 Å². The molecule has 1 atom stereocenters. The number of β-amino-alcohol motifs (C(OH)–C–C–N with tert-alkyl or cyclic N) is 1. The van der Waals surface area contributed by atoms with Crippen molar-refractivity contribution in [2.45, 2.75) is 18.9 Å². The summed E-state index contributed by atoms with van der Waals surface area (Å²) >= 11 is 1.56. The van der Waals surface area contributed by atoms with Gasteiger partial charge in [-0.2, -0.15) is 11.3 Å². The summed E-state index contributed by atoms with van der Waals surface area (Å²) in [7, 11) is 0. The van der Waals surface area contributed by atoms with Crippen molar-refractivity contribution in [3.05, 3.63) is 16.8 Å². The molecule has 0 bridgehead atoms. The minimum Gasteiger partial charge on any atom is -0.395 e. The number of likely N-dealkylation sites (tertiary alicyclic amines) is 1. The molecule has 2 aliphatic rings. The molecule has 22 heavy (non-hydrogen) atoms. The van der Waals surface area contributed by atoms with Gasteiger partial charge in [0.2, 0.25) is 11.8 Å². The fourth-order valence-electron chi connectivity index (χ4n) is 3.57. The van der Waals surface area contributed by atoms with E-state index in [9.17, 15) is 9.59 Å². The molecule has 3 rings (SSSR count). The Bertz CT molecular complexity index is 562. The zero-order chi connectivity index (χ0) is 15.7. The van der Waals surface area contributed by atoms with Crippen LogP contribution in [0.25, 0.3) is 0 Å². The third-order valence-electron chi connectivity index (χ3n) is 4.64. The van der Waals surface area contributed by atoms with Gasteiger partial charge in [0.05, 0.1) is 24.4 Å². The molecule has 1 unspecified atom stereocenters. The van der Waals surface area contributed by atoms with Gasteiger partial charge >= 0.3 is 0 Å². The van der Waals surface area contributed by atoms with Crippen LogP contribution in [-0.2, 0) is 9.59 Å². The summed E-state index contributed by atoms with van der Waals surface area (Å²) in [5, 5.41) is 13.1. The Labute approximate surface area is 133 Å². The second kappa shape index (κ2) is 5.98. The average molecular weight is 323 g/mol. The number of rotatable bonds is 3. The topological polar surface area (TPSA) is 64.1 Å². The van der Waals surface area contributed by atoms with E-state index < -0.39 is 0 Å². The Balaban J connectivity index is 1.87. The normalized spacial score (nSPS) is 26.2. The van der Waals surface area contributed by atoms with Crippen molar-refractivity contribution in [3.8, 4) is 0 Å². The average Bonchev–Trinajstić information content (AvgIpc) is 3.12. The highest BCUT2D eigenvalue weighted by molar-refractivity contribution is 7.08. The van der Waals surface area contributed by atoms with E-state index >= 15 is 0 Å². The van der Waals surface area contributed by atoms with E-state index in [4.69, 9.17) is 5.11 Å². The first kappa shape index (κ1) is 15.5. The smallest absolute Gasteiger partial charge is 0.246 e. The summed E-state index contributed by atoms with van der Waals surface area (Å²) in [6.07, 6.45) is 0.834. The molecule has 0 radical (unpaired) electrons. The highest BCUT2D eigenvalue weighted by Gasteiger charge is 2.50. The van der Waals surface area contributed by atoms with Gasteiger partial charge in [0, 0.05) is 31.9 Å². The number of hydrogen-bond donors (Lipinski definition) is 1. The predicted octanol–water partition coefficient (Wildman–Crippen LogP) is 0.380. The molecule has 0 aliphatic carbocycles. The minimum atomic E-state index is -0.336. The lowest BCUT2D eigenvalue weighted by atomic mass is 9.92. The van der Waals surface area contributed by atoms with Gasteiger partial charge in [0.15, 0.2) is 0 Å². The van der Waals surface area contributed by atoms with Crippen LogP contribution in [0.3, 0.4) is 0 Å². The maximum absolute atomic E-state index is 12.4. The highest BCUT2D eigenvalue weighted by Crippen LogP contribution is 2.34. The van der Waals surface area contributed by atoms with E-state index in [1.165, 1.54) is 6.92 Å². The largest absolute Gasteiger partial charge is 0.395 e. The van der Waals surface area contributed by atoms with Crippen molar-refractivity contribution in [1.29, 1.82) is 0 Å². The molecule has 6 nitrogen and oxygen atoms in total. The molecule has 1 aromatic rings. The first-order chi connectivity index (χ1) is 10.6. The Morgan fingerprint density at radius 2 is 2.27 bits per heavy atom. The number of carbonyl (C=O) groups is 2. The Morgan fingerprint density at radius 3 is 2.91 bits per heavy atom. The number of hydrogen-bond acceptors (Lipinski definition) is 5. The number of amides is 2. The van der Waals surface area contributed by atoms with Crippen molar-refractivity contribution >= 4 is 28.8 Å². The van der Waals surface area contributed by atoms with Gasteiger partial charge < -0.3 is 14.9 Å². The van der Waals surface area contributed by atoms with Gasteiger partial charge in [-0.25, -0.2) is 0 Å². The van der Waals surface area contributed by atoms with Crippen molar-refractivity contribution in [2.75, 3.05) is 44.2 Å². The van der Waals surface area contributed by atoms with E-state index in [-0.39, 0.29) is 30.5 Å². The van der Waals surface area contributed by atoms with Gasteiger partial charge in [-0.3, -0.25) is 14.5 Å². The van der Waals surface area contributed by atoms with E-state index in [2.05, 4.69) is 4.90 Å². The van der Waals surface area contributed by atoms with Gasteiger partial charge in [-0.05, 0) is 17.9 Å². The van der Waals surface area contributed by atoms with Crippen LogP contribution in [0.1, 0.15) is 13.3 Å². The molecule has 2 aliphatic heterocycles. The molecule has 1 aromatic heterocycles. The molecular formula is C15H21N3O3S. The summed E-state index contributed by atoms with van der Waals surface area (Å²) in [6.45, 7) is 4.48. The van der Waals surface area contributed by atoms with Crippen molar-refractivity contribution in [3.63, 3.8) is 0 Å². The van der Waals surface area contributed by atoms with Crippen molar-refractivity contribution in [1.82, 2.24) is 9.80 Å². The zero-order valence-electron chi connectivity index (χ0n) is 12.7. The Kier molecular flexibility index (Phi) is 4.20. The van der Waals surface area contributed by atoms with Gasteiger partial charge in [0.25, 0.3) is 0 Å². The Hall–Kier alpha value is -1.44. The fraction of sp³-hybridized carbons (Fsp3) is 0.600. The molecule has 0 saturated carbocycles. The number of aliphatic hydroxyl groups is 1. The summed E-state index contributed by atoms with van der Waals surface area (Å²) in [4.78, 5) is 30.2. The van der Waals surface area contributed by atoms with Crippen molar-refractivity contribution < 1.29 is 14.7 Å². The lowest BCUT2D eigenvalue weighted by molar-refractivity contribution is -0.142. The van der Waals surface area contributed by atoms with Crippen LogP contribution < -0.4 is 4.90 Å². The first-order valence-electron chi connectivity index (χ1n) is 7.50. The zero-order valence-corrected chi connectivity index (χ0v) is 13.5. The highest BCUT2D eigenvalue weighted by atomic mass is 32.1. The number of aliphatic hydroxyl groups excluding tert-OH is 1. The van der Waals surface area contributed by atoms with Gasteiger partial charge in [-0.15, -0.1) is 0 Å². The maximum atomic E-state index is 12.4. The summed E-state index contributed by atoms with van der Waals surface area (Å²) < 4.78 is 0. The van der Waals surface area contributed by atoms with E-state index in [0.29, 0.717) is 19.6 Å². The SMILES string of the molecule is CC(=O)N1CC(=O)N(c2ccsc2)CC12CCN(CCO)C2. The molecule has 2 fully saturated rings. The number of carbonyl (C=O) groups excluding carboxylic acids is 2. The fourth-order valence-corrected chi connectivity index (χ4v) is 4.21. The molecule has 0 aromatic carbocycles. The van der Waals surface area contributed by atoms with Crippen LogP contribution >= 0.6 is 11.3 Å². The monoisotopic (exact) mass is 323 g/mol. The van der Waals surface area contributed by atoms with Crippen molar-refractivity contribution in [2.24, 2.45) is 0 Å². The third kappa shape index (κ3) is 2.64. The van der Waals surface area contributed by atoms with Crippen LogP contribution in [0.15, 0.2) is 16.8 Å². The van der Waals surface area contributed by atoms with Crippen LogP contribution in [-0.4, -0.2) is 71.6 Å². The van der Waals surface area contributed by atoms with Gasteiger partial charge in [0.1, 0.15) is 6.54 Å². The second-order valence-electron chi connectivity index (χ2n) is 6.04. The summed E-state index contributed by atoms with van der Waals surface area (Å²) in [5.41, 5.74) is 0.579. The van der Waals surface area contributed by atoms with Crippen LogP contribution in [0.5, 0.6) is 0 Å². The summed E-state index contributed by atoms with van der Waals surface area (Å²) in [6, 6.07) is 1.94. The molecule has 3 heterocycles. The number of thiophene rings is 1. The third-order valence-corrected chi connectivity index (χ3v) is 5.32. The van der Waals surface area contributed by atoms with Crippen LogP contribution in [0.4, 0.5) is 5.69 Å². The molecule has 1 spiro atoms. The number of nitrogens with zero attached hydrogens (tertiary/aromatic N) is 3. The molecule has 1 N–H and O–H groups in total. The quantitative estimate of drug-likeness (QED) is 0.873. The van der Waals surface area contributed by atoms with Crippen LogP contribution in [0, 0.1) is 0 Å². The molecule has 120 valence electrons. The first-order valence-corrected chi connectivity index (χ1v) is 8.44. The number of anilines is 1. The van der Waals surface area contributed by atoms with E-state index in [1.807, 2.05) is 16.8 Å².